The molecule has 3 nitrogen and oxygen atoms in total. The van der Waals surface area contributed by atoms with Gasteiger partial charge in [0.2, 0.25) is 0 Å². The summed E-state index contributed by atoms with van der Waals surface area (Å²) < 4.78 is 30.3. The first kappa shape index (κ1) is 16.1. The van der Waals surface area contributed by atoms with Crippen molar-refractivity contribution in [2.24, 2.45) is 0 Å². The quantitative estimate of drug-likeness (QED) is 0.238. The van der Waals surface area contributed by atoms with E-state index in [1.165, 1.54) is 6.08 Å². The zero-order valence-corrected chi connectivity index (χ0v) is 11.1. The van der Waals surface area contributed by atoms with Gasteiger partial charge >= 0.3 is 29.6 Å². The van der Waals surface area contributed by atoms with Gasteiger partial charge in [-0.3, -0.25) is 0 Å². The summed E-state index contributed by atoms with van der Waals surface area (Å²) in [6, 6.07) is 0. The number of unbranched alkanes of at least 4 members (excludes halogenated alkanes) is 3. The van der Waals surface area contributed by atoms with Crippen LogP contribution in [0, 0.1) is 0 Å². The van der Waals surface area contributed by atoms with Crippen molar-refractivity contribution in [1.82, 2.24) is 0 Å². The largest absolute Gasteiger partial charge is 1.00 e. The first-order valence-corrected chi connectivity index (χ1v) is 5.72. The third-order valence-corrected chi connectivity index (χ3v) is 2.04. The van der Waals surface area contributed by atoms with Gasteiger partial charge < -0.3 is 4.55 Å². The second-order valence-electron chi connectivity index (χ2n) is 2.69. The monoisotopic (exact) mass is 214 g/mol. The second kappa shape index (κ2) is 9.21. The predicted octanol–water partition coefficient (Wildman–Crippen LogP) is -1.33. The average molecular weight is 214 g/mol. The molecule has 0 unspecified atom stereocenters. The minimum atomic E-state index is -4.05. The van der Waals surface area contributed by atoms with Crippen LogP contribution in [0.2, 0.25) is 0 Å². The minimum absolute atomic E-state index is 0. The Balaban J connectivity index is 0. The van der Waals surface area contributed by atoms with Crippen LogP contribution >= 0.6 is 0 Å². The number of hydrogen-bond acceptors (Lipinski definition) is 3. The van der Waals surface area contributed by atoms with Gasteiger partial charge in [-0.25, -0.2) is 8.42 Å². The molecule has 5 heteroatoms. The van der Waals surface area contributed by atoms with Crippen LogP contribution < -0.4 is 29.6 Å². The minimum Gasteiger partial charge on any atom is -0.748 e. The molecule has 0 fully saturated rings. The Hall–Kier alpha value is 0.650. The first-order valence-electron chi connectivity index (χ1n) is 4.15. The van der Waals surface area contributed by atoms with Gasteiger partial charge in [-0.2, -0.15) is 0 Å². The van der Waals surface area contributed by atoms with E-state index in [1.807, 2.05) is 0 Å². The van der Waals surface area contributed by atoms with Crippen LogP contribution in [0.5, 0.6) is 0 Å². The van der Waals surface area contributed by atoms with Gasteiger partial charge in [0.15, 0.2) is 0 Å². The van der Waals surface area contributed by atoms with Crippen LogP contribution in [0.4, 0.5) is 0 Å². The molecule has 0 spiro atoms. The van der Waals surface area contributed by atoms with Crippen molar-refractivity contribution in [2.75, 3.05) is 5.75 Å². The van der Waals surface area contributed by atoms with Gasteiger partial charge in [0.1, 0.15) is 0 Å². The number of hydrogen-bond donors (Lipinski definition) is 0. The van der Waals surface area contributed by atoms with E-state index in [9.17, 15) is 13.0 Å². The topological polar surface area (TPSA) is 57.2 Å². The smallest absolute Gasteiger partial charge is 0.748 e. The van der Waals surface area contributed by atoms with Gasteiger partial charge in [-0.05, 0) is 12.8 Å². The molecule has 13 heavy (non-hydrogen) atoms. The molecular weight excluding hydrogens is 199 g/mol. The molecule has 0 bridgehead atoms. The zero-order valence-electron chi connectivity index (χ0n) is 8.32. The Labute approximate surface area is 103 Å². The maximum Gasteiger partial charge on any atom is 1.00 e. The van der Waals surface area contributed by atoms with Crippen molar-refractivity contribution >= 4 is 10.1 Å². The van der Waals surface area contributed by atoms with Crippen molar-refractivity contribution in [3.63, 3.8) is 0 Å². The van der Waals surface area contributed by atoms with Crippen molar-refractivity contribution in [2.45, 2.75) is 32.6 Å². The fourth-order valence-electron chi connectivity index (χ4n) is 0.816. The van der Waals surface area contributed by atoms with E-state index in [-0.39, 0.29) is 35.3 Å². The molecule has 0 saturated heterocycles. The molecule has 0 aromatic carbocycles. The maximum atomic E-state index is 10.1. The third kappa shape index (κ3) is 15.4. The summed E-state index contributed by atoms with van der Waals surface area (Å²) in [7, 11) is -4.05. The fraction of sp³-hybridized carbons (Fsp3) is 0.750. The van der Waals surface area contributed by atoms with Crippen LogP contribution in [-0.2, 0) is 10.1 Å². The second-order valence-corrected chi connectivity index (χ2v) is 4.14. The average Bonchev–Trinajstić information content (AvgIpc) is 1.94. The van der Waals surface area contributed by atoms with Gasteiger partial charge in [0, 0.05) is 0 Å². The van der Waals surface area contributed by atoms with E-state index in [4.69, 9.17) is 0 Å². The summed E-state index contributed by atoms with van der Waals surface area (Å²) in [5.41, 5.74) is 0. The Morgan fingerprint density at radius 1 is 1.23 bits per heavy atom. The Kier molecular flexibility index (Phi) is 11.4. The molecule has 0 aliphatic carbocycles. The van der Waals surface area contributed by atoms with Gasteiger partial charge in [-0.15, -0.1) is 0 Å². The fourth-order valence-corrected chi connectivity index (χ4v) is 1.19. The van der Waals surface area contributed by atoms with Crippen LogP contribution in [0.1, 0.15) is 32.6 Å². The molecule has 0 heterocycles. The summed E-state index contributed by atoms with van der Waals surface area (Å²) in [5, 5.41) is 0. The van der Waals surface area contributed by atoms with Gasteiger partial charge in [0.25, 0.3) is 0 Å². The number of rotatable bonds is 6. The summed E-state index contributed by atoms with van der Waals surface area (Å²) in [5.74, 6) is -0.376. The predicted molar refractivity (Wildman–Crippen MR) is 47.8 cm³/mol. The molecule has 0 radical (unpaired) electrons. The molecule has 0 aliphatic heterocycles. The molecule has 0 aromatic heterocycles. The van der Waals surface area contributed by atoms with E-state index in [0.717, 1.165) is 25.7 Å². The number of allylic oxidation sites excluding steroid dienone is 1. The molecule has 0 amide bonds. The molecule has 0 aliphatic rings. The first-order chi connectivity index (χ1) is 5.56. The Morgan fingerprint density at radius 3 is 2.31 bits per heavy atom. The van der Waals surface area contributed by atoms with Gasteiger partial charge in [-0.1, -0.05) is 31.9 Å². The Morgan fingerprint density at radius 2 is 1.85 bits per heavy atom. The van der Waals surface area contributed by atoms with E-state index < -0.39 is 10.1 Å². The molecule has 0 saturated carbocycles. The summed E-state index contributed by atoms with van der Waals surface area (Å²) in [4.78, 5) is 0. The standard InChI is InChI=1S/C8H16O3S.Na/c1-2-3-4-5-6-7-8-12(9,10)11;/h6-7H,2-5,8H2,1H3,(H,9,10,11);/q;+1/p-1. The van der Waals surface area contributed by atoms with E-state index in [2.05, 4.69) is 6.92 Å². The van der Waals surface area contributed by atoms with Crippen LogP contribution in [-0.4, -0.2) is 18.7 Å². The summed E-state index contributed by atoms with van der Waals surface area (Å²) >= 11 is 0. The summed E-state index contributed by atoms with van der Waals surface area (Å²) in [6.07, 6.45) is 7.40. The molecular formula is C8H15NaO3S. The van der Waals surface area contributed by atoms with Crippen LogP contribution in [0.3, 0.4) is 0 Å². The molecule has 0 N–H and O–H groups in total. The molecule has 0 rings (SSSR count). The van der Waals surface area contributed by atoms with Crippen molar-refractivity contribution in [3.05, 3.63) is 12.2 Å². The van der Waals surface area contributed by atoms with Crippen molar-refractivity contribution in [3.8, 4) is 0 Å². The SMILES string of the molecule is CCCCCC=CCS(=O)(=O)[O-].[Na+]. The zero-order chi connectivity index (χ0) is 9.45. The van der Waals surface area contributed by atoms with Crippen molar-refractivity contribution in [1.29, 1.82) is 0 Å². The van der Waals surface area contributed by atoms with E-state index in [1.54, 1.807) is 6.08 Å². The van der Waals surface area contributed by atoms with Crippen molar-refractivity contribution < 1.29 is 42.5 Å². The maximum absolute atomic E-state index is 10.1. The van der Waals surface area contributed by atoms with Gasteiger partial charge in [0.05, 0.1) is 15.9 Å². The van der Waals surface area contributed by atoms with E-state index in [0.29, 0.717) is 0 Å². The molecule has 0 aromatic rings. The van der Waals surface area contributed by atoms with E-state index >= 15 is 0 Å². The third-order valence-electron chi connectivity index (χ3n) is 1.44. The Bertz CT molecular complexity index is 222. The molecule has 72 valence electrons. The molecule has 0 atom stereocenters. The van der Waals surface area contributed by atoms with Crippen LogP contribution in [0.25, 0.3) is 0 Å². The van der Waals surface area contributed by atoms with Crippen LogP contribution in [0.15, 0.2) is 12.2 Å². The normalized spacial score (nSPS) is 11.5. The summed E-state index contributed by atoms with van der Waals surface area (Å²) in [6.45, 7) is 2.10.